The van der Waals surface area contributed by atoms with Crippen LogP contribution in [0.15, 0.2) is 71.3 Å². The molecule has 0 aliphatic heterocycles. The maximum atomic E-state index is 6.57. The summed E-state index contributed by atoms with van der Waals surface area (Å²) in [6.45, 7) is 2.11. The molecular weight excluding hydrogens is 322 g/mol. The zero-order valence-corrected chi connectivity index (χ0v) is 14.7. The number of para-hydroxylation sites is 1. The molecule has 0 spiro atoms. The van der Waals surface area contributed by atoms with E-state index in [1.807, 2.05) is 54.6 Å². The van der Waals surface area contributed by atoms with E-state index in [9.17, 15) is 0 Å². The molecule has 2 aromatic carbocycles. The molecule has 2 N–H and O–H groups in total. The molecule has 4 aromatic rings. The lowest BCUT2D eigenvalue weighted by molar-refractivity contribution is 0.459. The first kappa shape index (κ1) is 16.5. The first-order valence-corrected chi connectivity index (χ1v) is 8.90. The van der Waals surface area contributed by atoms with E-state index in [0.29, 0.717) is 6.42 Å². The van der Waals surface area contributed by atoms with E-state index in [0.717, 1.165) is 45.6 Å². The van der Waals surface area contributed by atoms with Crippen LogP contribution in [0, 0.1) is 0 Å². The molecule has 0 amide bonds. The average Bonchev–Trinajstić information content (AvgIpc) is 3.12. The molecule has 4 nitrogen and oxygen atoms in total. The van der Waals surface area contributed by atoms with Crippen LogP contribution < -0.4 is 5.73 Å². The number of nitrogens with two attached hydrogens (primary N) is 1. The van der Waals surface area contributed by atoms with Gasteiger partial charge in [-0.3, -0.25) is 4.98 Å². The molecule has 0 bridgehead atoms. The van der Waals surface area contributed by atoms with Crippen LogP contribution in [0.5, 0.6) is 0 Å². The fourth-order valence-corrected chi connectivity index (χ4v) is 3.29. The van der Waals surface area contributed by atoms with Crippen LogP contribution in [0.3, 0.4) is 0 Å². The molecule has 26 heavy (non-hydrogen) atoms. The molecule has 2 aromatic heterocycles. The quantitative estimate of drug-likeness (QED) is 0.571. The SMILES string of the molecule is CCc1cccc(C[C@H](N)c2ccccc2-c2noc3ccccc23)n1. The molecule has 0 fully saturated rings. The zero-order chi connectivity index (χ0) is 17.9. The van der Waals surface area contributed by atoms with Gasteiger partial charge in [0.2, 0.25) is 0 Å². The Hall–Kier alpha value is -2.98. The third kappa shape index (κ3) is 3.11. The summed E-state index contributed by atoms with van der Waals surface area (Å²) in [6.07, 6.45) is 1.60. The van der Waals surface area contributed by atoms with Crippen LogP contribution in [0.1, 0.15) is 29.9 Å². The maximum Gasteiger partial charge on any atom is 0.167 e. The Morgan fingerprint density at radius 1 is 0.923 bits per heavy atom. The molecule has 0 saturated heterocycles. The van der Waals surface area contributed by atoms with Crippen molar-refractivity contribution in [2.75, 3.05) is 0 Å². The van der Waals surface area contributed by atoms with Gasteiger partial charge < -0.3 is 10.3 Å². The molecule has 0 unspecified atom stereocenters. The number of hydrogen-bond donors (Lipinski definition) is 1. The van der Waals surface area contributed by atoms with Crippen LogP contribution in [-0.2, 0) is 12.8 Å². The zero-order valence-electron chi connectivity index (χ0n) is 14.7. The van der Waals surface area contributed by atoms with Crippen LogP contribution in [0.2, 0.25) is 0 Å². The van der Waals surface area contributed by atoms with Crippen molar-refractivity contribution < 1.29 is 4.52 Å². The number of nitrogens with zero attached hydrogens (tertiary/aromatic N) is 2. The summed E-state index contributed by atoms with van der Waals surface area (Å²) < 4.78 is 5.48. The molecule has 130 valence electrons. The molecule has 4 heteroatoms. The summed E-state index contributed by atoms with van der Waals surface area (Å²) in [5.41, 5.74) is 12.3. The molecule has 4 rings (SSSR count). The number of rotatable bonds is 5. The number of benzene rings is 2. The minimum Gasteiger partial charge on any atom is -0.356 e. The third-order valence-electron chi connectivity index (χ3n) is 4.65. The summed E-state index contributed by atoms with van der Waals surface area (Å²) >= 11 is 0. The van der Waals surface area contributed by atoms with Gasteiger partial charge in [-0.15, -0.1) is 0 Å². The van der Waals surface area contributed by atoms with Crippen molar-refractivity contribution in [3.8, 4) is 11.3 Å². The van der Waals surface area contributed by atoms with E-state index in [2.05, 4.69) is 29.2 Å². The Kier molecular flexibility index (Phi) is 4.50. The van der Waals surface area contributed by atoms with E-state index in [1.54, 1.807) is 0 Å². The van der Waals surface area contributed by atoms with Crippen molar-refractivity contribution >= 4 is 11.0 Å². The van der Waals surface area contributed by atoms with Crippen LogP contribution >= 0.6 is 0 Å². The Labute approximate surface area is 152 Å². The van der Waals surface area contributed by atoms with Gasteiger partial charge >= 0.3 is 0 Å². The first-order chi connectivity index (χ1) is 12.8. The predicted molar refractivity (Wildman–Crippen MR) is 104 cm³/mol. The molecule has 2 heterocycles. The van der Waals surface area contributed by atoms with Crippen LogP contribution in [0.4, 0.5) is 0 Å². The number of hydrogen-bond acceptors (Lipinski definition) is 4. The Morgan fingerprint density at radius 3 is 2.58 bits per heavy atom. The van der Waals surface area contributed by atoms with Crippen molar-refractivity contribution in [1.82, 2.24) is 10.1 Å². The minimum atomic E-state index is -0.165. The van der Waals surface area contributed by atoms with E-state index in [-0.39, 0.29) is 6.04 Å². The smallest absolute Gasteiger partial charge is 0.167 e. The van der Waals surface area contributed by atoms with Crippen molar-refractivity contribution in [3.63, 3.8) is 0 Å². The second-order valence-electron chi connectivity index (χ2n) is 6.40. The number of aryl methyl sites for hydroxylation is 1. The van der Waals surface area contributed by atoms with E-state index >= 15 is 0 Å². The van der Waals surface area contributed by atoms with Crippen LogP contribution in [0.25, 0.3) is 22.2 Å². The lowest BCUT2D eigenvalue weighted by Crippen LogP contribution is -2.15. The van der Waals surface area contributed by atoms with Crippen molar-refractivity contribution in [2.45, 2.75) is 25.8 Å². The molecular formula is C22H21N3O. The second kappa shape index (κ2) is 7.10. The van der Waals surface area contributed by atoms with E-state index in [1.165, 1.54) is 0 Å². The fourth-order valence-electron chi connectivity index (χ4n) is 3.29. The monoisotopic (exact) mass is 343 g/mol. The minimum absolute atomic E-state index is 0.165. The highest BCUT2D eigenvalue weighted by molar-refractivity contribution is 5.92. The summed E-state index contributed by atoms with van der Waals surface area (Å²) in [6, 6.07) is 22.0. The van der Waals surface area contributed by atoms with Gasteiger partial charge in [0, 0.05) is 34.8 Å². The van der Waals surface area contributed by atoms with Gasteiger partial charge in [0.05, 0.1) is 0 Å². The first-order valence-electron chi connectivity index (χ1n) is 8.90. The molecule has 1 atom stereocenters. The Morgan fingerprint density at radius 2 is 1.69 bits per heavy atom. The average molecular weight is 343 g/mol. The fraction of sp³-hybridized carbons (Fsp3) is 0.182. The second-order valence-corrected chi connectivity index (χ2v) is 6.40. The third-order valence-corrected chi connectivity index (χ3v) is 4.65. The molecule has 0 aliphatic carbocycles. The predicted octanol–water partition coefficient (Wildman–Crippen LogP) is 4.69. The Balaban J connectivity index is 1.71. The molecule has 0 saturated carbocycles. The normalized spacial score (nSPS) is 12.4. The van der Waals surface area contributed by atoms with Crippen molar-refractivity contribution in [3.05, 3.63) is 83.7 Å². The van der Waals surface area contributed by atoms with Gasteiger partial charge in [0.25, 0.3) is 0 Å². The van der Waals surface area contributed by atoms with Gasteiger partial charge in [-0.1, -0.05) is 54.5 Å². The standard InChI is InChI=1S/C22H21N3O/c1-2-15-8-7-9-16(24-15)14-20(23)17-10-3-4-11-18(17)22-19-12-5-6-13-21(19)26-25-22/h3-13,20H,2,14,23H2,1H3/t20-/m0/s1. The lowest BCUT2D eigenvalue weighted by Gasteiger charge is -2.15. The van der Waals surface area contributed by atoms with Gasteiger partial charge in [-0.2, -0.15) is 0 Å². The molecule has 0 aliphatic rings. The van der Waals surface area contributed by atoms with Crippen molar-refractivity contribution in [2.24, 2.45) is 5.73 Å². The van der Waals surface area contributed by atoms with Gasteiger partial charge in [0.15, 0.2) is 5.58 Å². The largest absolute Gasteiger partial charge is 0.356 e. The summed E-state index contributed by atoms with van der Waals surface area (Å²) in [5, 5.41) is 5.30. The summed E-state index contributed by atoms with van der Waals surface area (Å²) in [4.78, 5) is 4.68. The number of fused-ring (bicyclic) bond motifs is 1. The van der Waals surface area contributed by atoms with E-state index < -0.39 is 0 Å². The highest BCUT2D eigenvalue weighted by atomic mass is 16.5. The topological polar surface area (TPSA) is 64.9 Å². The van der Waals surface area contributed by atoms with Crippen LogP contribution in [-0.4, -0.2) is 10.1 Å². The van der Waals surface area contributed by atoms with Gasteiger partial charge in [0.1, 0.15) is 5.69 Å². The summed E-state index contributed by atoms with van der Waals surface area (Å²) in [7, 11) is 0. The highest BCUT2D eigenvalue weighted by Gasteiger charge is 2.18. The Bertz CT molecular complexity index is 1040. The van der Waals surface area contributed by atoms with Crippen molar-refractivity contribution in [1.29, 1.82) is 0 Å². The highest BCUT2D eigenvalue weighted by Crippen LogP contribution is 2.33. The number of aromatic nitrogens is 2. The summed E-state index contributed by atoms with van der Waals surface area (Å²) in [5.74, 6) is 0. The van der Waals surface area contributed by atoms with Gasteiger partial charge in [-0.25, -0.2) is 0 Å². The molecule has 0 radical (unpaired) electrons. The maximum absolute atomic E-state index is 6.57. The van der Waals surface area contributed by atoms with E-state index in [4.69, 9.17) is 10.3 Å². The number of pyridine rings is 1. The lowest BCUT2D eigenvalue weighted by atomic mass is 9.94. The van der Waals surface area contributed by atoms with Gasteiger partial charge in [-0.05, 0) is 36.2 Å².